The van der Waals surface area contributed by atoms with E-state index >= 15 is 0 Å². The zero-order valence-corrected chi connectivity index (χ0v) is 9.83. The number of hydrogen-bond donors (Lipinski definition) is 1. The first-order valence-electron chi connectivity index (χ1n) is 5.30. The second-order valence-electron chi connectivity index (χ2n) is 3.92. The second kappa shape index (κ2) is 4.85. The van der Waals surface area contributed by atoms with Crippen molar-refractivity contribution in [3.05, 3.63) is 34.9 Å². The molecule has 4 heteroatoms. The number of rotatable bonds is 4. The van der Waals surface area contributed by atoms with Gasteiger partial charge < -0.3 is 4.74 Å². The van der Waals surface area contributed by atoms with Crippen LogP contribution in [-0.2, 0) is 9.53 Å². The van der Waals surface area contributed by atoms with Gasteiger partial charge in [-0.25, -0.2) is 4.79 Å². The molecular weight excluding hydrogens is 226 g/mol. The summed E-state index contributed by atoms with van der Waals surface area (Å²) >= 11 is 6.08. The van der Waals surface area contributed by atoms with Gasteiger partial charge in [-0.15, -0.1) is 0 Å². The van der Waals surface area contributed by atoms with Crippen molar-refractivity contribution in [2.24, 2.45) is 0 Å². The Bertz CT molecular complexity index is 390. The molecule has 1 N–H and O–H groups in total. The van der Waals surface area contributed by atoms with E-state index in [2.05, 4.69) is 5.32 Å². The lowest BCUT2D eigenvalue weighted by atomic mass is 10.1. The van der Waals surface area contributed by atoms with Crippen molar-refractivity contribution < 1.29 is 9.53 Å². The van der Waals surface area contributed by atoms with E-state index in [-0.39, 0.29) is 5.97 Å². The molecule has 0 aliphatic heterocycles. The Morgan fingerprint density at radius 2 is 2.19 bits per heavy atom. The summed E-state index contributed by atoms with van der Waals surface area (Å²) in [5.41, 5.74) is 0.780. The zero-order valence-electron chi connectivity index (χ0n) is 9.07. The van der Waals surface area contributed by atoms with Crippen molar-refractivity contribution in [3.8, 4) is 0 Å². The molecule has 0 spiro atoms. The number of esters is 1. The maximum Gasteiger partial charge on any atom is 0.327 e. The van der Waals surface area contributed by atoms with Crippen molar-refractivity contribution in [1.82, 2.24) is 5.32 Å². The van der Waals surface area contributed by atoms with Crippen LogP contribution in [0.4, 0.5) is 0 Å². The third kappa shape index (κ3) is 2.54. The average molecular weight is 240 g/mol. The van der Waals surface area contributed by atoms with Crippen LogP contribution in [0.1, 0.15) is 24.4 Å². The second-order valence-corrected chi connectivity index (χ2v) is 4.33. The molecule has 1 saturated carbocycles. The third-order valence-corrected chi connectivity index (χ3v) is 2.98. The van der Waals surface area contributed by atoms with Crippen molar-refractivity contribution in [1.29, 1.82) is 0 Å². The molecule has 0 aromatic heterocycles. The molecule has 0 saturated heterocycles. The molecule has 0 radical (unpaired) electrons. The molecule has 16 heavy (non-hydrogen) atoms. The standard InChI is InChI=1S/C12H14ClNO2/c1-16-12(15)11(14-8-6-7-8)9-4-2-3-5-10(9)13/h2-5,8,11,14H,6-7H2,1H3. The summed E-state index contributed by atoms with van der Waals surface area (Å²) in [6.07, 6.45) is 2.22. The fraction of sp³-hybridized carbons (Fsp3) is 0.417. The van der Waals surface area contributed by atoms with Crippen LogP contribution in [-0.4, -0.2) is 19.1 Å². The number of carbonyl (C=O) groups is 1. The number of carbonyl (C=O) groups excluding carboxylic acids is 1. The summed E-state index contributed by atoms with van der Waals surface area (Å²) in [7, 11) is 1.39. The SMILES string of the molecule is COC(=O)C(NC1CC1)c1ccccc1Cl. The molecule has 1 fully saturated rings. The molecule has 0 bridgehead atoms. The van der Waals surface area contributed by atoms with E-state index in [1.54, 1.807) is 6.07 Å². The molecule has 2 rings (SSSR count). The highest BCUT2D eigenvalue weighted by atomic mass is 35.5. The first kappa shape index (κ1) is 11.4. The predicted octanol–water partition coefficient (Wildman–Crippen LogP) is 2.31. The zero-order chi connectivity index (χ0) is 11.5. The first-order chi connectivity index (χ1) is 7.72. The monoisotopic (exact) mass is 239 g/mol. The van der Waals surface area contributed by atoms with Crippen LogP contribution in [0.2, 0.25) is 5.02 Å². The minimum absolute atomic E-state index is 0.292. The fourth-order valence-electron chi connectivity index (χ4n) is 1.60. The van der Waals surface area contributed by atoms with Gasteiger partial charge in [0.2, 0.25) is 0 Å². The van der Waals surface area contributed by atoms with Crippen LogP contribution in [0, 0.1) is 0 Å². The lowest BCUT2D eigenvalue weighted by Crippen LogP contribution is -2.31. The van der Waals surface area contributed by atoms with E-state index in [1.807, 2.05) is 18.2 Å². The van der Waals surface area contributed by atoms with Gasteiger partial charge in [0, 0.05) is 11.1 Å². The van der Waals surface area contributed by atoms with E-state index in [9.17, 15) is 4.79 Å². The number of methoxy groups -OCH3 is 1. The summed E-state index contributed by atoms with van der Waals surface area (Å²) in [5, 5.41) is 3.83. The summed E-state index contributed by atoms with van der Waals surface area (Å²) in [4.78, 5) is 11.7. The van der Waals surface area contributed by atoms with Gasteiger partial charge in [0.15, 0.2) is 0 Å². The highest BCUT2D eigenvalue weighted by molar-refractivity contribution is 6.31. The Morgan fingerprint density at radius 1 is 1.50 bits per heavy atom. The van der Waals surface area contributed by atoms with Gasteiger partial charge in [0.1, 0.15) is 6.04 Å². The van der Waals surface area contributed by atoms with Crippen LogP contribution in [0.5, 0.6) is 0 Å². The van der Waals surface area contributed by atoms with Crippen LogP contribution in [0.15, 0.2) is 24.3 Å². The molecule has 1 aromatic carbocycles. The molecular formula is C12H14ClNO2. The molecule has 1 aliphatic carbocycles. The quantitative estimate of drug-likeness (QED) is 0.820. The normalized spacial score (nSPS) is 16.9. The van der Waals surface area contributed by atoms with E-state index in [0.717, 1.165) is 18.4 Å². The Labute approximate surface area is 99.7 Å². The predicted molar refractivity (Wildman–Crippen MR) is 62.4 cm³/mol. The summed E-state index contributed by atoms with van der Waals surface area (Å²) in [6.45, 7) is 0. The van der Waals surface area contributed by atoms with Gasteiger partial charge in [-0.3, -0.25) is 5.32 Å². The van der Waals surface area contributed by atoms with Gasteiger partial charge in [-0.1, -0.05) is 29.8 Å². The molecule has 3 nitrogen and oxygen atoms in total. The third-order valence-electron chi connectivity index (χ3n) is 2.63. The van der Waals surface area contributed by atoms with Gasteiger partial charge in [-0.2, -0.15) is 0 Å². The van der Waals surface area contributed by atoms with Gasteiger partial charge in [0.05, 0.1) is 7.11 Å². The largest absolute Gasteiger partial charge is 0.468 e. The Kier molecular flexibility index (Phi) is 3.46. The van der Waals surface area contributed by atoms with Crippen LogP contribution >= 0.6 is 11.6 Å². The van der Waals surface area contributed by atoms with Crippen LogP contribution < -0.4 is 5.32 Å². The van der Waals surface area contributed by atoms with Gasteiger partial charge in [-0.05, 0) is 24.5 Å². The molecule has 1 aromatic rings. The molecule has 1 aliphatic rings. The maximum atomic E-state index is 11.7. The minimum atomic E-state index is -0.453. The van der Waals surface area contributed by atoms with E-state index in [0.29, 0.717) is 11.1 Å². The van der Waals surface area contributed by atoms with Gasteiger partial charge >= 0.3 is 5.97 Å². The van der Waals surface area contributed by atoms with Crippen molar-refractivity contribution >= 4 is 17.6 Å². The number of ether oxygens (including phenoxy) is 1. The number of benzene rings is 1. The molecule has 0 heterocycles. The number of hydrogen-bond acceptors (Lipinski definition) is 3. The number of nitrogens with one attached hydrogen (secondary N) is 1. The maximum absolute atomic E-state index is 11.7. The average Bonchev–Trinajstić information content (AvgIpc) is 3.10. The van der Waals surface area contributed by atoms with Crippen molar-refractivity contribution in [2.45, 2.75) is 24.9 Å². The highest BCUT2D eigenvalue weighted by Gasteiger charge is 2.30. The van der Waals surface area contributed by atoms with Crippen LogP contribution in [0.3, 0.4) is 0 Å². The van der Waals surface area contributed by atoms with Gasteiger partial charge in [0.25, 0.3) is 0 Å². The lowest BCUT2D eigenvalue weighted by Gasteiger charge is -2.17. The molecule has 1 unspecified atom stereocenters. The smallest absolute Gasteiger partial charge is 0.327 e. The lowest BCUT2D eigenvalue weighted by molar-refractivity contribution is -0.143. The Morgan fingerprint density at radius 3 is 2.75 bits per heavy atom. The minimum Gasteiger partial charge on any atom is -0.468 e. The van der Waals surface area contributed by atoms with Crippen LogP contribution in [0.25, 0.3) is 0 Å². The topological polar surface area (TPSA) is 38.3 Å². The molecule has 1 atom stereocenters. The van der Waals surface area contributed by atoms with E-state index in [1.165, 1.54) is 7.11 Å². The summed E-state index contributed by atoms with van der Waals surface area (Å²) in [5.74, 6) is -0.292. The summed E-state index contributed by atoms with van der Waals surface area (Å²) in [6, 6.07) is 7.30. The molecule has 0 amide bonds. The highest BCUT2D eigenvalue weighted by Crippen LogP contribution is 2.28. The fourth-order valence-corrected chi connectivity index (χ4v) is 1.84. The summed E-state index contributed by atoms with van der Waals surface area (Å²) < 4.78 is 4.79. The first-order valence-corrected chi connectivity index (χ1v) is 5.68. The molecule has 86 valence electrons. The number of halogens is 1. The van der Waals surface area contributed by atoms with E-state index in [4.69, 9.17) is 16.3 Å². The Balaban J connectivity index is 2.22. The van der Waals surface area contributed by atoms with Crippen molar-refractivity contribution in [2.75, 3.05) is 7.11 Å². The van der Waals surface area contributed by atoms with E-state index < -0.39 is 6.04 Å². The van der Waals surface area contributed by atoms with Crippen molar-refractivity contribution in [3.63, 3.8) is 0 Å². The Hall–Kier alpha value is -1.06.